The minimum absolute atomic E-state index is 0.00254. The van der Waals surface area contributed by atoms with Gasteiger partial charge in [0.1, 0.15) is 24.6 Å². The summed E-state index contributed by atoms with van der Waals surface area (Å²) in [7, 11) is 0. The van der Waals surface area contributed by atoms with Gasteiger partial charge >= 0.3 is 0 Å². The maximum Gasteiger partial charge on any atom is 0.215 e. The number of rotatable bonds is 3. The van der Waals surface area contributed by atoms with Crippen molar-refractivity contribution in [3.05, 3.63) is 12.2 Å². The van der Waals surface area contributed by atoms with Crippen LogP contribution in [0.1, 0.15) is 12.1 Å². The molecule has 2 heterocycles. The van der Waals surface area contributed by atoms with E-state index < -0.39 is 31.1 Å². The number of ether oxygens (including phenoxy) is 1. The molecule has 4 atom stereocenters. The summed E-state index contributed by atoms with van der Waals surface area (Å²) in [5.74, 6) is -0.307. The molecular weight excluding hydrogens is 230 g/mol. The van der Waals surface area contributed by atoms with E-state index in [4.69, 9.17) is 21.0 Å². The highest BCUT2D eigenvalue weighted by Crippen LogP contribution is 2.28. The number of nitrogens with two attached hydrogens (primary N) is 1. The Morgan fingerprint density at radius 1 is 1.53 bits per heavy atom. The highest BCUT2D eigenvalue weighted by molar-refractivity contribution is 5.90. The molecule has 0 aliphatic carbocycles. The molecule has 0 aromatic carbocycles. The topological polar surface area (TPSA) is 150 Å². The van der Waals surface area contributed by atoms with Crippen molar-refractivity contribution in [2.45, 2.75) is 24.5 Å². The number of nitrogen functional groups attached to an aromatic ring is 1. The highest BCUT2D eigenvalue weighted by atomic mass is 16.6. The van der Waals surface area contributed by atoms with Crippen molar-refractivity contribution in [1.82, 2.24) is 14.8 Å². The summed E-state index contributed by atoms with van der Waals surface area (Å²) < 4.78 is 6.37. The summed E-state index contributed by atoms with van der Waals surface area (Å²) in [6.07, 6.45) is -3.02. The van der Waals surface area contributed by atoms with E-state index in [1.807, 2.05) is 0 Å². The van der Waals surface area contributed by atoms with Crippen LogP contribution in [0, 0.1) is 5.41 Å². The lowest BCUT2D eigenvalue weighted by Crippen LogP contribution is -2.33. The quantitative estimate of drug-likeness (QED) is 0.283. The Hall–Kier alpha value is -1.55. The van der Waals surface area contributed by atoms with Gasteiger partial charge in [0.2, 0.25) is 5.82 Å². The van der Waals surface area contributed by atoms with E-state index in [-0.39, 0.29) is 11.7 Å². The summed E-state index contributed by atoms with van der Waals surface area (Å²) in [5.41, 5.74) is 5.19. The van der Waals surface area contributed by atoms with E-state index in [1.54, 1.807) is 0 Å². The summed E-state index contributed by atoms with van der Waals surface area (Å²) in [5, 5.41) is 39.1. The minimum Gasteiger partial charge on any atom is -0.394 e. The molecule has 1 fully saturated rings. The molecule has 1 aromatic heterocycles. The number of amidine groups is 1. The molecule has 2 rings (SSSR count). The molecule has 9 heteroatoms. The number of nitrogens with zero attached hydrogens (tertiary/aromatic N) is 3. The molecule has 0 unspecified atom stereocenters. The molecule has 0 bridgehead atoms. The van der Waals surface area contributed by atoms with Gasteiger partial charge in [0.15, 0.2) is 12.1 Å². The Kier molecular flexibility index (Phi) is 3.07. The maximum absolute atomic E-state index is 9.70. The summed E-state index contributed by atoms with van der Waals surface area (Å²) in [6.45, 7) is -0.414. The van der Waals surface area contributed by atoms with Crippen LogP contribution in [0.3, 0.4) is 0 Å². The highest BCUT2D eigenvalue weighted by Gasteiger charge is 2.43. The number of aromatic nitrogens is 3. The van der Waals surface area contributed by atoms with Gasteiger partial charge in [0, 0.05) is 0 Å². The lowest BCUT2D eigenvalue weighted by molar-refractivity contribution is -0.0588. The van der Waals surface area contributed by atoms with Crippen molar-refractivity contribution < 1.29 is 20.1 Å². The lowest BCUT2D eigenvalue weighted by atomic mass is 10.1. The molecule has 1 saturated heterocycles. The van der Waals surface area contributed by atoms with Crippen molar-refractivity contribution in [1.29, 1.82) is 5.41 Å². The second kappa shape index (κ2) is 4.37. The first-order valence-corrected chi connectivity index (χ1v) is 4.92. The van der Waals surface area contributed by atoms with Crippen LogP contribution in [0.4, 0.5) is 0 Å². The monoisotopic (exact) mass is 243 g/mol. The van der Waals surface area contributed by atoms with E-state index >= 15 is 0 Å². The summed E-state index contributed by atoms with van der Waals surface area (Å²) in [4.78, 5) is 3.74. The Morgan fingerprint density at radius 2 is 2.24 bits per heavy atom. The Balaban J connectivity index is 2.19. The zero-order valence-corrected chi connectivity index (χ0v) is 8.76. The first kappa shape index (κ1) is 11.9. The van der Waals surface area contributed by atoms with Crippen LogP contribution in [-0.4, -0.2) is 60.8 Å². The normalized spacial score (nSPS) is 32.9. The lowest BCUT2D eigenvalue weighted by Gasteiger charge is -2.13. The van der Waals surface area contributed by atoms with Crippen molar-refractivity contribution in [3.8, 4) is 0 Å². The number of hydrogen-bond donors (Lipinski definition) is 5. The van der Waals surface area contributed by atoms with Gasteiger partial charge in [0.25, 0.3) is 0 Å². The third-order valence-corrected chi connectivity index (χ3v) is 2.53. The third-order valence-electron chi connectivity index (χ3n) is 2.53. The molecule has 1 aliphatic rings. The summed E-state index contributed by atoms with van der Waals surface area (Å²) >= 11 is 0. The van der Waals surface area contributed by atoms with Gasteiger partial charge in [-0.15, -0.1) is 5.10 Å². The fraction of sp³-hybridized carbons (Fsp3) is 0.625. The van der Waals surface area contributed by atoms with Crippen LogP contribution in [0.15, 0.2) is 6.33 Å². The van der Waals surface area contributed by atoms with Crippen LogP contribution >= 0.6 is 0 Å². The van der Waals surface area contributed by atoms with Gasteiger partial charge in [-0.1, -0.05) is 0 Å². The van der Waals surface area contributed by atoms with Gasteiger partial charge < -0.3 is 25.8 Å². The molecule has 1 aromatic rings. The minimum atomic E-state index is -1.23. The molecule has 0 saturated carbocycles. The predicted molar refractivity (Wildman–Crippen MR) is 54.0 cm³/mol. The van der Waals surface area contributed by atoms with E-state index in [1.165, 1.54) is 6.33 Å². The van der Waals surface area contributed by atoms with Gasteiger partial charge in [-0.05, 0) is 0 Å². The number of aliphatic hydroxyl groups excluding tert-OH is 3. The maximum atomic E-state index is 9.70. The van der Waals surface area contributed by atoms with Crippen LogP contribution < -0.4 is 5.73 Å². The third kappa shape index (κ3) is 2.00. The zero-order chi connectivity index (χ0) is 12.6. The molecular formula is C8H13N5O4. The van der Waals surface area contributed by atoms with Gasteiger partial charge in [-0.2, -0.15) is 0 Å². The fourth-order valence-electron chi connectivity index (χ4n) is 1.62. The second-order valence-electron chi connectivity index (χ2n) is 3.69. The Labute approximate surface area is 96.0 Å². The number of hydrogen-bond acceptors (Lipinski definition) is 7. The first-order valence-electron chi connectivity index (χ1n) is 4.92. The van der Waals surface area contributed by atoms with E-state index in [0.717, 1.165) is 4.68 Å². The van der Waals surface area contributed by atoms with E-state index in [0.29, 0.717) is 0 Å². The first-order chi connectivity index (χ1) is 8.04. The van der Waals surface area contributed by atoms with Gasteiger partial charge in [0.05, 0.1) is 6.61 Å². The van der Waals surface area contributed by atoms with Crippen molar-refractivity contribution in [3.63, 3.8) is 0 Å². The van der Waals surface area contributed by atoms with Crippen LogP contribution in [0.25, 0.3) is 0 Å². The van der Waals surface area contributed by atoms with Crippen LogP contribution in [0.2, 0.25) is 0 Å². The smallest absolute Gasteiger partial charge is 0.215 e. The molecule has 1 aliphatic heterocycles. The van der Waals surface area contributed by atoms with Gasteiger partial charge in [-0.3, -0.25) is 5.41 Å². The van der Waals surface area contributed by atoms with Crippen LogP contribution in [-0.2, 0) is 4.74 Å². The molecule has 6 N–H and O–H groups in total. The average molecular weight is 243 g/mol. The number of nitrogens with one attached hydrogen (secondary N) is 1. The molecule has 9 nitrogen and oxygen atoms in total. The van der Waals surface area contributed by atoms with Crippen LogP contribution in [0.5, 0.6) is 0 Å². The average Bonchev–Trinajstić information content (AvgIpc) is 2.87. The molecule has 17 heavy (non-hydrogen) atoms. The van der Waals surface area contributed by atoms with Crippen molar-refractivity contribution >= 4 is 5.84 Å². The largest absolute Gasteiger partial charge is 0.394 e. The SMILES string of the molecule is N=C(N)c1ncn([C@@H]2O[C@H](CO)[C@@H](O)[C@H]2O)n1. The second-order valence-corrected chi connectivity index (χ2v) is 3.69. The van der Waals surface area contributed by atoms with Gasteiger partial charge in [-0.25, -0.2) is 9.67 Å². The fourth-order valence-corrected chi connectivity index (χ4v) is 1.62. The molecule has 0 radical (unpaired) electrons. The molecule has 94 valence electrons. The van der Waals surface area contributed by atoms with E-state index in [9.17, 15) is 10.2 Å². The molecule has 0 spiro atoms. The summed E-state index contributed by atoms with van der Waals surface area (Å²) in [6, 6.07) is 0. The molecule has 0 amide bonds. The zero-order valence-electron chi connectivity index (χ0n) is 8.76. The number of aliphatic hydroxyl groups is 3. The van der Waals surface area contributed by atoms with Crippen molar-refractivity contribution in [2.75, 3.05) is 6.61 Å². The van der Waals surface area contributed by atoms with E-state index in [2.05, 4.69) is 10.1 Å². The standard InChI is InChI=1S/C8H13N5O4/c9-6(10)7-11-2-13(12-7)8-5(16)4(15)3(1-14)17-8/h2-5,8,14-16H,1H2,(H3,9,10)/t3-,4-,5-,8-/m1/s1. The van der Waals surface area contributed by atoms with Crippen molar-refractivity contribution in [2.24, 2.45) is 5.73 Å². The Bertz CT molecular complexity index is 422. The predicted octanol–water partition coefficient (Wildman–Crippen LogP) is -2.83. The Morgan fingerprint density at radius 3 is 2.71 bits per heavy atom.